The van der Waals surface area contributed by atoms with Crippen LogP contribution in [0.3, 0.4) is 0 Å². The van der Waals surface area contributed by atoms with Crippen LogP contribution in [0, 0.1) is 12.8 Å². The van der Waals surface area contributed by atoms with Crippen molar-refractivity contribution in [1.82, 2.24) is 0 Å². The predicted octanol–water partition coefficient (Wildman–Crippen LogP) is 6.53. The fraction of sp³-hybridized carbons (Fsp3) is 0.364. The van der Waals surface area contributed by atoms with E-state index in [1.54, 1.807) is 0 Å². The normalized spacial score (nSPS) is 13.3. The van der Waals surface area contributed by atoms with Crippen molar-refractivity contribution >= 4 is 10.8 Å². The van der Waals surface area contributed by atoms with Gasteiger partial charge in [-0.25, -0.2) is 0 Å². The first-order valence-corrected chi connectivity index (χ1v) is 8.02. The van der Waals surface area contributed by atoms with E-state index in [9.17, 15) is 0 Å². The highest BCUT2D eigenvalue weighted by atomic mass is 14.3. The summed E-state index contributed by atoms with van der Waals surface area (Å²) in [7, 11) is 0. The molecule has 0 spiro atoms. The molecule has 0 heterocycles. The van der Waals surface area contributed by atoms with Gasteiger partial charge in [0.05, 0.1) is 0 Å². The van der Waals surface area contributed by atoms with Crippen molar-refractivity contribution in [2.45, 2.75) is 53.4 Å². The van der Waals surface area contributed by atoms with Crippen LogP contribution in [0.4, 0.5) is 0 Å². The van der Waals surface area contributed by atoms with Crippen molar-refractivity contribution < 1.29 is 0 Å². The summed E-state index contributed by atoms with van der Waals surface area (Å²) in [5.41, 5.74) is 3.36. The highest BCUT2D eigenvalue weighted by molar-refractivity contribution is 5.92. The second-order valence-electron chi connectivity index (χ2n) is 5.55. The third-order valence-electron chi connectivity index (χ3n) is 3.69. The van der Waals surface area contributed by atoms with E-state index in [1.165, 1.54) is 28.3 Å². The molecule has 0 heteroatoms. The number of hydrogen-bond donors (Lipinski definition) is 0. The molecule has 1 aliphatic carbocycles. The quantitative estimate of drug-likeness (QED) is 0.382. The number of hydrogen-bond acceptors (Lipinski definition) is 0. The summed E-state index contributed by atoms with van der Waals surface area (Å²) in [4.78, 5) is 0. The molecular formula is C22H30. The molecule has 2 aromatic carbocycles. The maximum absolute atomic E-state index is 4.00. The van der Waals surface area contributed by atoms with Gasteiger partial charge >= 0.3 is 0 Å². The summed E-state index contributed by atoms with van der Waals surface area (Å²) in [5, 5.41) is 2.89. The first kappa shape index (κ1) is 20.0. The monoisotopic (exact) mass is 294 g/mol. The van der Waals surface area contributed by atoms with Crippen LogP contribution in [0.25, 0.3) is 10.8 Å². The molecule has 0 bridgehead atoms. The largest absolute Gasteiger partial charge is 0.124 e. The Morgan fingerprint density at radius 3 is 1.91 bits per heavy atom. The zero-order valence-electron chi connectivity index (χ0n) is 15.0. The number of benzene rings is 2. The van der Waals surface area contributed by atoms with E-state index in [0.717, 1.165) is 0 Å². The average molecular weight is 294 g/mol. The van der Waals surface area contributed by atoms with Crippen LogP contribution in [0.5, 0.6) is 0 Å². The molecule has 1 aliphatic rings. The van der Waals surface area contributed by atoms with Gasteiger partial charge in [-0.2, -0.15) is 0 Å². The maximum Gasteiger partial charge on any atom is -0.00567 e. The molecule has 3 rings (SSSR count). The molecule has 22 heavy (non-hydrogen) atoms. The number of rotatable bonds is 0. The Labute approximate surface area is 137 Å². The highest BCUT2D eigenvalue weighted by Gasteiger charge is 2.30. The van der Waals surface area contributed by atoms with Gasteiger partial charge in [-0.05, 0) is 47.6 Å². The Morgan fingerprint density at radius 2 is 1.41 bits per heavy atom. The average Bonchev–Trinajstić information content (AvgIpc) is 2.84. The van der Waals surface area contributed by atoms with Gasteiger partial charge in [0.1, 0.15) is 0 Å². The second-order valence-corrected chi connectivity index (χ2v) is 5.55. The van der Waals surface area contributed by atoms with E-state index in [4.69, 9.17) is 0 Å². The summed E-state index contributed by atoms with van der Waals surface area (Å²) in [6.07, 6.45) is 13.2. The molecule has 0 saturated carbocycles. The van der Waals surface area contributed by atoms with E-state index in [0.29, 0.717) is 5.41 Å². The standard InChI is InChI=1S/C14H14.C4H8.C2H6.C2H2/c1-14(2)9-11-7-3-5-10-6-4-8-12(14)13(10)11;1-3-4-2;2*1-2/h3-8H,9H2,1-2H3;3-4H,1-2H3;1-2H3;1-2H/b;4-3-;;. The van der Waals surface area contributed by atoms with E-state index >= 15 is 0 Å². The molecule has 0 N–H and O–H groups in total. The third-order valence-corrected chi connectivity index (χ3v) is 3.69. The smallest absolute Gasteiger partial charge is 0.00567 e. The summed E-state index contributed by atoms with van der Waals surface area (Å²) in [5.74, 6) is 0. The molecule has 0 radical (unpaired) electrons. The maximum atomic E-state index is 4.00. The minimum atomic E-state index is 0.323. The van der Waals surface area contributed by atoms with Crippen molar-refractivity contribution in [3.05, 3.63) is 59.7 Å². The lowest BCUT2D eigenvalue weighted by molar-refractivity contribution is 0.546. The van der Waals surface area contributed by atoms with Crippen molar-refractivity contribution in [3.63, 3.8) is 0 Å². The van der Waals surface area contributed by atoms with E-state index in [1.807, 2.05) is 39.8 Å². The van der Waals surface area contributed by atoms with Crippen molar-refractivity contribution in [2.75, 3.05) is 0 Å². The Bertz CT molecular complexity index is 603. The molecule has 0 amide bonds. The molecule has 0 aliphatic heterocycles. The molecule has 2 aromatic rings. The van der Waals surface area contributed by atoms with Crippen LogP contribution < -0.4 is 0 Å². The predicted molar refractivity (Wildman–Crippen MR) is 102 cm³/mol. The highest BCUT2D eigenvalue weighted by Crippen LogP contribution is 2.41. The van der Waals surface area contributed by atoms with Gasteiger partial charge in [-0.15, -0.1) is 12.8 Å². The first-order valence-electron chi connectivity index (χ1n) is 8.02. The van der Waals surface area contributed by atoms with Gasteiger partial charge in [0.2, 0.25) is 0 Å². The van der Waals surface area contributed by atoms with Crippen LogP contribution >= 0.6 is 0 Å². The van der Waals surface area contributed by atoms with E-state index in [2.05, 4.69) is 63.1 Å². The van der Waals surface area contributed by atoms with E-state index < -0.39 is 0 Å². The molecule has 118 valence electrons. The summed E-state index contributed by atoms with van der Waals surface area (Å²) in [6.45, 7) is 12.7. The van der Waals surface area contributed by atoms with Crippen LogP contribution in [0.1, 0.15) is 52.7 Å². The van der Waals surface area contributed by atoms with Crippen molar-refractivity contribution in [3.8, 4) is 12.8 Å². The van der Waals surface area contributed by atoms with E-state index in [-0.39, 0.29) is 0 Å². The summed E-state index contributed by atoms with van der Waals surface area (Å²) < 4.78 is 0. The topological polar surface area (TPSA) is 0 Å². The minimum absolute atomic E-state index is 0.323. The molecule has 0 saturated heterocycles. The Kier molecular flexibility index (Phi) is 8.95. The Morgan fingerprint density at radius 1 is 0.909 bits per heavy atom. The van der Waals surface area contributed by atoms with Gasteiger partial charge in [0.15, 0.2) is 0 Å². The lowest BCUT2D eigenvalue weighted by Crippen LogP contribution is -2.14. The number of terminal acetylenes is 1. The lowest BCUT2D eigenvalue weighted by Gasteiger charge is -2.18. The second kappa shape index (κ2) is 9.85. The van der Waals surface area contributed by atoms with Gasteiger partial charge in [0, 0.05) is 0 Å². The van der Waals surface area contributed by atoms with Gasteiger partial charge in [-0.1, -0.05) is 76.2 Å². The van der Waals surface area contributed by atoms with Crippen molar-refractivity contribution in [2.24, 2.45) is 0 Å². The fourth-order valence-corrected chi connectivity index (χ4v) is 2.70. The van der Waals surface area contributed by atoms with Crippen LogP contribution in [0.15, 0.2) is 48.6 Å². The van der Waals surface area contributed by atoms with Crippen LogP contribution in [-0.2, 0) is 11.8 Å². The summed E-state index contributed by atoms with van der Waals surface area (Å²) in [6, 6.07) is 13.3. The van der Waals surface area contributed by atoms with Gasteiger partial charge in [-0.3, -0.25) is 0 Å². The lowest BCUT2D eigenvalue weighted by atomic mass is 9.86. The van der Waals surface area contributed by atoms with Gasteiger partial charge in [0.25, 0.3) is 0 Å². The number of allylic oxidation sites excluding steroid dienone is 2. The minimum Gasteiger partial charge on any atom is -0.124 e. The Hall–Kier alpha value is -2.00. The molecule has 0 unspecified atom stereocenters. The SMILES string of the molecule is C#C.C/C=C\C.CC.CC1(C)Cc2cccc3cccc1c23. The molecule has 0 nitrogen and oxygen atoms in total. The molecule has 0 atom stereocenters. The zero-order chi connectivity index (χ0) is 17.2. The zero-order valence-corrected chi connectivity index (χ0v) is 15.0. The Balaban J connectivity index is 0.000000476. The fourth-order valence-electron chi connectivity index (χ4n) is 2.70. The van der Waals surface area contributed by atoms with Crippen LogP contribution in [-0.4, -0.2) is 0 Å². The van der Waals surface area contributed by atoms with Crippen LogP contribution in [0.2, 0.25) is 0 Å². The first-order chi connectivity index (χ1) is 10.6. The molecule has 0 aromatic heterocycles. The third kappa shape index (κ3) is 4.50. The molecule has 0 fully saturated rings. The summed E-state index contributed by atoms with van der Waals surface area (Å²) >= 11 is 0. The molecular weight excluding hydrogens is 264 g/mol. The van der Waals surface area contributed by atoms with Gasteiger partial charge < -0.3 is 0 Å². The van der Waals surface area contributed by atoms with Crippen molar-refractivity contribution in [1.29, 1.82) is 0 Å².